The summed E-state index contributed by atoms with van der Waals surface area (Å²) in [5, 5.41) is 2.88. The van der Waals surface area contributed by atoms with Crippen LogP contribution in [0.2, 0.25) is 0 Å². The van der Waals surface area contributed by atoms with E-state index >= 15 is 0 Å². The Balaban J connectivity index is 1.79. The molecule has 0 saturated carbocycles. The van der Waals surface area contributed by atoms with E-state index in [-0.39, 0.29) is 5.91 Å². The van der Waals surface area contributed by atoms with E-state index in [9.17, 15) is 4.79 Å². The van der Waals surface area contributed by atoms with Gasteiger partial charge in [-0.25, -0.2) is 9.97 Å². The van der Waals surface area contributed by atoms with Gasteiger partial charge in [-0.2, -0.15) is 0 Å². The van der Waals surface area contributed by atoms with Gasteiger partial charge in [-0.15, -0.1) is 0 Å². The third-order valence-electron chi connectivity index (χ3n) is 3.99. The zero-order valence-electron chi connectivity index (χ0n) is 13.8. The standard InChI is InChI=1S/C18H22N4O/c1-12(2)9-19-17(23)15-10-20-18(21-11-15)22-13(3)8-14-6-4-5-7-16(14)22/h4-7,10-13H,8-9H2,1-3H3,(H,19,23). The Kier molecular flexibility index (Phi) is 4.28. The molecule has 1 aromatic heterocycles. The molecule has 0 aliphatic carbocycles. The molecule has 1 N–H and O–H groups in total. The summed E-state index contributed by atoms with van der Waals surface area (Å²) in [6.45, 7) is 6.93. The van der Waals surface area contributed by atoms with Crippen molar-refractivity contribution in [3.8, 4) is 0 Å². The van der Waals surface area contributed by atoms with E-state index in [0.29, 0.717) is 30.0 Å². The van der Waals surface area contributed by atoms with E-state index in [1.807, 2.05) is 6.07 Å². The summed E-state index contributed by atoms with van der Waals surface area (Å²) in [6, 6.07) is 8.62. The number of para-hydroxylation sites is 1. The molecule has 0 fully saturated rings. The average molecular weight is 310 g/mol. The van der Waals surface area contributed by atoms with E-state index < -0.39 is 0 Å². The van der Waals surface area contributed by atoms with Crippen molar-refractivity contribution < 1.29 is 4.79 Å². The van der Waals surface area contributed by atoms with Crippen molar-refractivity contribution in [2.24, 2.45) is 5.92 Å². The van der Waals surface area contributed by atoms with E-state index in [4.69, 9.17) is 0 Å². The highest BCUT2D eigenvalue weighted by molar-refractivity contribution is 5.93. The van der Waals surface area contributed by atoms with Gasteiger partial charge in [0.25, 0.3) is 5.91 Å². The highest BCUT2D eigenvalue weighted by Crippen LogP contribution is 2.35. The number of amides is 1. The van der Waals surface area contributed by atoms with Crippen LogP contribution in [0.1, 0.15) is 36.7 Å². The number of carbonyl (C=O) groups excluding carboxylic acids is 1. The summed E-state index contributed by atoms with van der Waals surface area (Å²) in [5.74, 6) is 0.934. The van der Waals surface area contributed by atoms with Crippen molar-refractivity contribution in [3.63, 3.8) is 0 Å². The van der Waals surface area contributed by atoms with E-state index in [0.717, 1.165) is 12.1 Å². The van der Waals surface area contributed by atoms with Crippen LogP contribution in [0.5, 0.6) is 0 Å². The lowest BCUT2D eigenvalue weighted by molar-refractivity contribution is 0.0948. The molecule has 1 aliphatic heterocycles. The zero-order valence-corrected chi connectivity index (χ0v) is 13.8. The third kappa shape index (κ3) is 3.18. The number of aromatic nitrogens is 2. The number of carbonyl (C=O) groups is 1. The second-order valence-corrected chi connectivity index (χ2v) is 6.43. The van der Waals surface area contributed by atoms with Gasteiger partial charge in [-0.3, -0.25) is 4.79 Å². The van der Waals surface area contributed by atoms with Crippen molar-refractivity contribution in [2.45, 2.75) is 33.2 Å². The molecule has 1 atom stereocenters. The highest BCUT2D eigenvalue weighted by atomic mass is 16.1. The molecule has 1 aromatic carbocycles. The van der Waals surface area contributed by atoms with Gasteiger partial charge >= 0.3 is 0 Å². The predicted molar refractivity (Wildman–Crippen MR) is 91.0 cm³/mol. The normalized spacial score (nSPS) is 16.5. The summed E-state index contributed by atoms with van der Waals surface area (Å²) in [6.07, 6.45) is 4.19. The van der Waals surface area contributed by atoms with Gasteiger partial charge in [0.2, 0.25) is 5.95 Å². The molecule has 0 radical (unpaired) electrons. The van der Waals surface area contributed by atoms with Gasteiger partial charge in [-0.1, -0.05) is 32.0 Å². The van der Waals surface area contributed by atoms with Crippen LogP contribution in [0.15, 0.2) is 36.7 Å². The lowest BCUT2D eigenvalue weighted by atomic mass is 10.1. The maximum Gasteiger partial charge on any atom is 0.254 e. The first-order valence-electron chi connectivity index (χ1n) is 8.03. The number of nitrogens with one attached hydrogen (secondary N) is 1. The van der Waals surface area contributed by atoms with Crippen molar-refractivity contribution in [1.29, 1.82) is 0 Å². The van der Waals surface area contributed by atoms with Gasteiger partial charge in [0, 0.05) is 30.7 Å². The molecule has 3 rings (SSSR count). The third-order valence-corrected chi connectivity index (χ3v) is 3.99. The summed E-state index contributed by atoms with van der Waals surface area (Å²) in [4.78, 5) is 23.0. The Morgan fingerprint density at radius 2 is 2.00 bits per heavy atom. The Bertz CT molecular complexity index is 696. The molecule has 120 valence electrons. The van der Waals surface area contributed by atoms with Gasteiger partial charge < -0.3 is 10.2 Å². The minimum atomic E-state index is -0.125. The second-order valence-electron chi connectivity index (χ2n) is 6.43. The fourth-order valence-corrected chi connectivity index (χ4v) is 2.83. The zero-order chi connectivity index (χ0) is 16.4. The Hall–Kier alpha value is -2.43. The molecule has 1 amide bonds. The lowest BCUT2D eigenvalue weighted by Gasteiger charge is -2.22. The fourth-order valence-electron chi connectivity index (χ4n) is 2.83. The maximum atomic E-state index is 12.0. The number of benzene rings is 1. The molecule has 0 bridgehead atoms. The van der Waals surface area contributed by atoms with Gasteiger partial charge in [0.15, 0.2) is 0 Å². The highest BCUT2D eigenvalue weighted by Gasteiger charge is 2.28. The number of fused-ring (bicyclic) bond motifs is 1. The van der Waals surface area contributed by atoms with E-state index in [1.54, 1.807) is 12.4 Å². The van der Waals surface area contributed by atoms with Crippen LogP contribution >= 0.6 is 0 Å². The minimum absolute atomic E-state index is 0.125. The molecule has 0 spiro atoms. The Morgan fingerprint density at radius 3 is 2.70 bits per heavy atom. The topological polar surface area (TPSA) is 58.1 Å². The van der Waals surface area contributed by atoms with Crippen LogP contribution in [-0.2, 0) is 6.42 Å². The number of anilines is 2. The lowest BCUT2D eigenvalue weighted by Crippen LogP contribution is -2.28. The largest absolute Gasteiger partial charge is 0.352 e. The Labute approximate surface area is 136 Å². The number of rotatable bonds is 4. The molecular formula is C18H22N4O. The molecule has 1 unspecified atom stereocenters. The van der Waals surface area contributed by atoms with Crippen LogP contribution in [0, 0.1) is 5.92 Å². The molecular weight excluding hydrogens is 288 g/mol. The maximum absolute atomic E-state index is 12.0. The number of hydrogen-bond acceptors (Lipinski definition) is 4. The van der Waals surface area contributed by atoms with Gasteiger partial charge in [0.1, 0.15) is 0 Å². The van der Waals surface area contributed by atoms with Crippen LogP contribution in [0.25, 0.3) is 0 Å². The van der Waals surface area contributed by atoms with Crippen LogP contribution in [-0.4, -0.2) is 28.5 Å². The van der Waals surface area contributed by atoms with E-state index in [1.165, 1.54) is 5.56 Å². The van der Waals surface area contributed by atoms with Gasteiger partial charge in [0.05, 0.1) is 5.56 Å². The quantitative estimate of drug-likeness (QED) is 0.943. The smallest absolute Gasteiger partial charge is 0.254 e. The van der Waals surface area contributed by atoms with Crippen molar-refractivity contribution >= 4 is 17.5 Å². The van der Waals surface area contributed by atoms with Gasteiger partial charge in [-0.05, 0) is 30.9 Å². The van der Waals surface area contributed by atoms with Crippen LogP contribution in [0.4, 0.5) is 11.6 Å². The monoisotopic (exact) mass is 310 g/mol. The van der Waals surface area contributed by atoms with E-state index in [2.05, 4.69) is 59.2 Å². The summed E-state index contributed by atoms with van der Waals surface area (Å²) < 4.78 is 0. The molecule has 23 heavy (non-hydrogen) atoms. The first kappa shape index (κ1) is 15.5. The summed E-state index contributed by atoms with van der Waals surface area (Å²) in [7, 11) is 0. The van der Waals surface area contributed by atoms with Crippen LogP contribution < -0.4 is 10.2 Å². The molecule has 0 saturated heterocycles. The SMILES string of the molecule is CC(C)CNC(=O)c1cnc(N2c3ccccc3CC2C)nc1. The minimum Gasteiger partial charge on any atom is -0.352 e. The summed E-state index contributed by atoms with van der Waals surface area (Å²) in [5.41, 5.74) is 2.95. The number of hydrogen-bond donors (Lipinski definition) is 1. The average Bonchev–Trinajstić information content (AvgIpc) is 2.88. The molecule has 5 heteroatoms. The molecule has 2 aromatic rings. The Morgan fingerprint density at radius 1 is 1.30 bits per heavy atom. The predicted octanol–water partition coefficient (Wildman–Crippen LogP) is 2.95. The molecule has 5 nitrogen and oxygen atoms in total. The molecule has 1 aliphatic rings. The first-order chi connectivity index (χ1) is 11.1. The van der Waals surface area contributed by atoms with Crippen molar-refractivity contribution in [1.82, 2.24) is 15.3 Å². The van der Waals surface area contributed by atoms with Crippen LogP contribution in [0.3, 0.4) is 0 Å². The fraction of sp³-hybridized carbons (Fsp3) is 0.389. The second kappa shape index (κ2) is 6.36. The van der Waals surface area contributed by atoms with Crippen molar-refractivity contribution in [3.05, 3.63) is 47.8 Å². The number of nitrogens with zero attached hydrogens (tertiary/aromatic N) is 3. The summed E-state index contributed by atoms with van der Waals surface area (Å²) >= 11 is 0. The molecule has 2 heterocycles. The first-order valence-corrected chi connectivity index (χ1v) is 8.03. The van der Waals surface area contributed by atoms with Crippen molar-refractivity contribution in [2.75, 3.05) is 11.4 Å².